The maximum atomic E-state index is 11.7. The predicted octanol–water partition coefficient (Wildman–Crippen LogP) is 1.11. The van der Waals surface area contributed by atoms with Crippen LogP contribution in [-0.2, 0) is 10.0 Å². The lowest BCUT2D eigenvalue weighted by Gasteiger charge is -2.54. The summed E-state index contributed by atoms with van der Waals surface area (Å²) in [4.78, 5) is 2.46. The molecule has 0 aromatic carbocycles. The van der Waals surface area contributed by atoms with Gasteiger partial charge < -0.3 is 5.73 Å². The molecule has 1 heterocycles. The van der Waals surface area contributed by atoms with Crippen LogP contribution in [0.5, 0.6) is 0 Å². The topological polar surface area (TPSA) is 66.6 Å². The van der Waals surface area contributed by atoms with E-state index in [1.165, 1.54) is 12.7 Å². The van der Waals surface area contributed by atoms with Gasteiger partial charge in [0.2, 0.25) is 10.0 Å². The Morgan fingerprint density at radius 1 is 1.14 bits per heavy atom. The number of nitrogens with zero attached hydrogens (tertiary/aromatic N) is 2. The van der Waals surface area contributed by atoms with Gasteiger partial charge in [-0.3, -0.25) is 4.90 Å². The molecular weight excluding hydrogens is 286 g/mol. The third-order valence-corrected chi connectivity index (χ3v) is 6.50. The number of nitrogens with two attached hydrogens (primary N) is 1. The summed E-state index contributed by atoms with van der Waals surface area (Å²) in [6.45, 7) is 10.4. The zero-order chi connectivity index (χ0) is 15.9. The summed E-state index contributed by atoms with van der Waals surface area (Å²) >= 11 is 0. The van der Waals surface area contributed by atoms with Crippen molar-refractivity contribution in [1.29, 1.82) is 0 Å². The number of sulfonamides is 1. The lowest BCUT2D eigenvalue weighted by molar-refractivity contribution is -0.0260. The van der Waals surface area contributed by atoms with E-state index in [9.17, 15) is 8.42 Å². The van der Waals surface area contributed by atoms with E-state index in [0.29, 0.717) is 31.0 Å². The minimum atomic E-state index is -3.06. The fraction of sp³-hybridized carbons (Fsp3) is 1.00. The summed E-state index contributed by atoms with van der Waals surface area (Å²) in [5.41, 5.74) is 6.56. The highest BCUT2D eigenvalue weighted by Crippen LogP contribution is 2.46. The Morgan fingerprint density at radius 2 is 1.71 bits per heavy atom. The molecule has 6 heteroatoms. The summed E-state index contributed by atoms with van der Waals surface area (Å²) in [6.07, 6.45) is 4.79. The third-order valence-electron chi connectivity index (χ3n) is 5.20. The normalized spacial score (nSPS) is 35.8. The molecule has 2 aliphatic rings. The Kier molecular flexibility index (Phi) is 4.74. The molecule has 0 radical (unpaired) electrons. The van der Waals surface area contributed by atoms with Gasteiger partial charge in [0.25, 0.3) is 0 Å². The molecule has 21 heavy (non-hydrogen) atoms. The van der Waals surface area contributed by atoms with E-state index >= 15 is 0 Å². The largest absolute Gasteiger partial charge is 0.329 e. The second-order valence-corrected chi connectivity index (χ2v) is 9.91. The van der Waals surface area contributed by atoms with Gasteiger partial charge in [-0.25, -0.2) is 8.42 Å². The third kappa shape index (κ3) is 3.78. The second-order valence-electron chi connectivity index (χ2n) is 7.93. The van der Waals surface area contributed by atoms with Crippen molar-refractivity contribution in [3.63, 3.8) is 0 Å². The molecule has 2 atom stereocenters. The number of piperazine rings is 1. The first-order chi connectivity index (χ1) is 9.58. The number of hydrogen-bond acceptors (Lipinski definition) is 4. The van der Waals surface area contributed by atoms with Gasteiger partial charge in [-0.05, 0) is 30.6 Å². The number of rotatable bonds is 3. The van der Waals surface area contributed by atoms with Crippen LogP contribution in [0.2, 0.25) is 0 Å². The van der Waals surface area contributed by atoms with Gasteiger partial charge >= 0.3 is 0 Å². The zero-order valence-corrected chi connectivity index (χ0v) is 14.7. The fourth-order valence-corrected chi connectivity index (χ4v) is 5.55. The van der Waals surface area contributed by atoms with Crippen LogP contribution >= 0.6 is 0 Å². The average Bonchev–Trinajstić information content (AvgIpc) is 2.35. The Labute approximate surface area is 129 Å². The molecule has 0 amide bonds. The summed E-state index contributed by atoms with van der Waals surface area (Å²) < 4.78 is 24.9. The molecule has 1 saturated carbocycles. The van der Waals surface area contributed by atoms with Gasteiger partial charge in [0.05, 0.1) is 6.26 Å². The Balaban J connectivity index is 2.12. The van der Waals surface area contributed by atoms with Crippen LogP contribution in [0, 0.1) is 11.3 Å². The van der Waals surface area contributed by atoms with Gasteiger partial charge in [0, 0.05) is 38.3 Å². The van der Waals surface area contributed by atoms with Crippen molar-refractivity contribution in [2.45, 2.75) is 45.6 Å². The van der Waals surface area contributed by atoms with Crippen molar-refractivity contribution in [2.75, 3.05) is 39.0 Å². The molecule has 2 unspecified atom stereocenters. The molecule has 0 bridgehead atoms. The van der Waals surface area contributed by atoms with E-state index in [2.05, 4.69) is 25.7 Å². The van der Waals surface area contributed by atoms with Crippen LogP contribution in [0.3, 0.4) is 0 Å². The predicted molar refractivity (Wildman–Crippen MR) is 86.6 cm³/mol. The van der Waals surface area contributed by atoms with Crippen LogP contribution < -0.4 is 5.73 Å². The van der Waals surface area contributed by atoms with E-state index in [4.69, 9.17) is 5.73 Å². The molecule has 1 saturated heterocycles. The van der Waals surface area contributed by atoms with Gasteiger partial charge in [0.1, 0.15) is 0 Å². The first-order valence-electron chi connectivity index (χ1n) is 7.98. The van der Waals surface area contributed by atoms with E-state index in [-0.39, 0.29) is 5.54 Å². The summed E-state index contributed by atoms with van der Waals surface area (Å²) in [5.74, 6) is 0.672. The van der Waals surface area contributed by atoms with Crippen LogP contribution in [0.25, 0.3) is 0 Å². The molecule has 1 aliphatic heterocycles. The first-order valence-corrected chi connectivity index (χ1v) is 9.83. The SMILES string of the molecule is CC1CC(C)(C)CC(CN)(N2CCN(S(C)(=O)=O)CC2)C1. The number of hydrogen-bond donors (Lipinski definition) is 1. The van der Waals surface area contributed by atoms with E-state index in [1.807, 2.05) is 0 Å². The van der Waals surface area contributed by atoms with E-state index < -0.39 is 10.0 Å². The van der Waals surface area contributed by atoms with Crippen molar-refractivity contribution in [3.05, 3.63) is 0 Å². The first kappa shape index (κ1) is 17.2. The molecule has 2 rings (SSSR count). The smallest absolute Gasteiger partial charge is 0.211 e. The highest BCUT2D eigenvalue weighted by molar-refractivity contribution is 7.88. The lowest BCUT2D eigenvalue weighted by Crippen LogP contribution is -2.63. The van der Waals surface area contributed by atoms with Crippen LogP contribution in [-0.4, -0.2) is 62.1 Å². The Morgan fingerprint density at radius 3 is 2.14 bits per heavy atom. The molecule has 124 valence electrons. The van der Waals surface area contributed by atoms with Gasteiger partial charge in [0.15, 0.2) is 0 Å². The van der Waals surface area contributed by atoms with Crippen molar-refractivity contribution < 1.29 is 8.42 Å². The molecule has 0 aromatic heterocycles. The van der Waals surface area contributed by atoms with E-state index in [1.54, 1.807) is 4.31 Å². The maximum Gasteiger partial charge on any atom is 0.211 e. The highest BCUT2D eigenvalue weighted by Gasteiger charge is 2.46. The van der Waals surface area contributed by atoms with Crippen molar-refractivity contribution in [2.24, 2.45) is 17.1 Å². The quantitative estimate of drug-likeness (QED) is 0.847. The molecule has 2 N–H and O–H groups in total. The minimum absolute atomic E-state index is 0.0464. The Hall–Kier alpha value is -0.170. The second kappa shape index (κ2) is 5.80. The summed E-state index contributed by atoms with van der Waals surface area (Å²) in [6, 6.07) is 0. The summed E-state index contributed by atoms with van der Waals surface area (Å²) in [5, 5.41) is 0. The van der Waals surface area contributed by atoms with Crippen molar-refractivity contribution in [1.82, 2.24) is 9.21 Å². The van der Waals surface area contributed by atoms with Crippen LogP contribution in [0.1, 0.15) is 40.0 Å². The fourth-order valence-electron chi connectivity index (χ4n) is 4.72. The Bertz CT molecular complexity index is 469. The molecule has 1 aliphatic carbocycles. The van der Waals surface area contributed by atoms with Crippen LogP contribution in [0.4, 0.5) is 0 Å². The molecule has 5 nitrogen and oxygen atoms in total. The van der Waals surface area contributed by atoms with Crippen molar-refractivity contribution >= 4 is 10.0 Å². The molecule has 0 spiro atoms. The highest BCUT2D eigenvalue weighted by atomic mass is 32.2. The molecule has 0 aromatic rings. The van der Waals surface area contributed by atoms with E-state index in [0.717, 1.165) is 25.9 Å². The maximum absolute atomic E-state index is 11.7. The monoisotopic (exact) mass is 317 g/mol. The zero-order valence-electron chi connectivity index (χ0n) is 13.9. The standard InChI is InChI=1S/C15H31N3O2S/c1-13-9-14(2,3)11-15(10-13,12-16)17-5-7-18(8-6-17)21(4,19)20/h13H,5-12,16H2,1-4H3. The molecular formula is C15H31N3O2S. The summed E-state index contributed by atoms with van der Waals surface area (Å²) in [7, 11) is -3.06. The van der Waals surface area contributed by atoms with Gasteiger partial charge in [-0.2, -0.15) is 4.31 Å². The lowest BCUT2D eigenvalue weighted by atomic mass is 9.63. The van der Waals surface area contributed by atoms with Crippen molar-refractivity contribution in [3.8, 4) is 0 Å². The van der Waals surface area contributed by atoms with Crippen LogP contribution in [0.15, 0.2) is 0 Å². The minimum Gasteiger partial charge on any atom is -0.329 e. The van der Waals surface area contributed by atoms with Gasteiger partial charge in [-0.15, -0.1) is 0 Å². The molecule has 2 fully saturated rings. The van der Waals surface area contributed by atoms with Gasteiger partial charge in [-0.1, -0.05) is 20.8 Å². The average molecular weight is 317 g/mol.